The Labute approximate surface area is 118 Å². The highest BCUT2D eigenvalue weighted by Crippen LogP contribution is 2.23. The fourth-order valence-corrected chi connectivity index (χ4v) is 1.99. The maximum atomic E-state index is 11.7. The van der Waals surface area contributed by atoms with Crippen molar-refractivity contribution in [2.24, 2.45) is 0 Å². The van der Waals surface area contributed by atoms with Crippen LogP contribution in [0.2, 0.25) is 0 Å². The van der Waals surface area contributed by atoms with Gasteiger partial charge in [-0.05, 0) is 23.6 Å². The highest BCUT2D eigenvalue weighted by atomic mass is 16.5. The first-order valence-corrected chi connectivity index (χ1v) is 6.48. The van der Waals surface area contributed by atoms with Crippen LogP contribution in [-0.2, 0) is 9.53 Å². The molecule has 0 radical (unpaired) electrons. The van der Waals surface area contributed by atoms with Crippen LogP contribution in [0.15, 0.2) is 54.6 Å². The van der Waals surface area contributed by atoms with Crippen LogP contribution in [0.4, 0.5) is 0 Å². The van der Waals surface area contributed by atoms with E-state index in [1.807, 2.05) is 48.5 Å². The van der Waals surface area contributed by atoms with Gasteiger partial charge in [0.25, 0.3) is 0 Å². The molecule has 0 fully saturated rings. The molecule has 100 valence electrons. The first kappa shape index (κ1) is 13.8. The second-order valence-corrected chi connectivity index (χ2v) is 4.30. The Kier molecular flexibility index (Phi) is 4.52. The zero-order valence-electron chi connectivity index (χ0n) is 11.2. The van der Waals surface area contributed by atoms with Gasteiger partial charge in [-0.25, -0.2) is 0 Å². The van der Waals surface area contributed by atoms with E-state index in [1.54, 1.807) is 19.1 Å². The zero-order chi connectivity index (χ0) is 14.4. The Morgan fingerprint density at radius 3 is 2.25 bits per heavy atom. The summed E-state index contributed by atoms with van der Waals surface area (Å²) in [7, 11) is 0. The second-order valence-electron chi connectivity index (χ2n) is 4.30. The maximum absolute atomic E-state index is 11.7. The van der Waals surface area contributed by atoms with E-state index in [0.717, 1.165) is 11.1 Å². The molecule has 1 unspecified atom stereocenters. The van der Waals surface area contributed by atoms with E-state index in [9.17, 15) is 4.79 Å². The Hall–Kier alpha value is -2.60. The van der Waals surface area contributed by atoms with E-state index >= 15 is 0 Å². The maximum Gasteiger partial charge on any atom is 0.327 e. The average Bonchev–Trinajstić information content (AvgIpc) is 2.50. The minimum Gasteiger partial charge on any atom is -0.465 e. The summed E-state index contributed by atoms with van der Waals surface area (Å²) >= 11 is 0. The van der Waals surface area contributed by atoms with Gasteiger partial charge in [0.15, 0.2) is 5.92 Å². The van der Waals surface area contributed by atoms with Crippen molar-refractivity contribution in [1.82, 2.24) is 0 Å². The van der Waals surface area contributed by atoms with Gasteiger partial charge in [0.2, 0.25) is 0 Å². The molecule has 0 heterocycles. The van der Waals surface area contributed by atoms with Crippen LogP contribution >= 0.6 is 0 Å². The second kappa shape index (κ2) is 6.53. The van der Waals surface area contributed by atoms with Gasteiger partial charge in [-0.15, -0.1) is 0 Å². The quantitative estimate of drug-likeness (QED) is 0.795. The van der Waals surface area contributed by atoms with Crippen molar-refractivity contribution in [3.05, 3.63) is 60.2 Å². The molecule has 0 aliphatic carbocycles. The van der Waals surface area contributed by atoms with Gasteiger partial charge >= 0.3 is 5.97 Å². The van der Waals surface area contributed by atoms with Gasteiger partial charge in [-0.2, -0.15) is 5.26 Å². The molecular formula is C17H15NO2. The molecule has 2 rings (SSSR count). The topological polar surface area (TPSA) is 50.1 Å². The molecule has 0 saturated heterocycles. The van der Waals surface area contributed by atoms with E-state index in [4.69, 9.17) is 10.00 Å². The molecule has 0 bridgehead atoms. The number of carbonyl (C=O) groups is 1. The number of nitriles is 1. The van der Waals surface area contributed by atoms with Crippen LogP contribution in [0.25, 0.3) is 11.1 Å². The Balaban J connectivity index is 2.24. The van der Waals surface area contributed by atoms with Crippen LogP contribution in [-0.4, -0.2) is 12.6 Å². The van der Waals surface area contributed by atoms with Gasteiger partial charge in [0, 0.05) is 0 Å². The molecule has 0 spiro atoms. The molecule has 1 atom stereocenters. The largest absolute Gasteiger partial charge is 0.465 e. The van der Waals surface area contributed by atoms with Crippen molar-refractivity contribution >= 4 is 5.97 Å². The number of benzene rings is 2. The summed E-state index contributed by atoms with van der Waals surface area (Å²) in [6.45, 7) is 2.00. The first-order valence-electron chi connectivity index (χ1n) is 6.48. The van der Waals surface area contributed by atoms with E-state index in [0.29, 0.717) is 5.56 Å². The van der Waals surface area contributed by atoms with Crippen LogP contribution in [0.3, 0.4) is 0 Å². The van der Waals surface area contributed by atoms with Crippen LogP contribution < -0.4 is 0 Å². The lowest BCUT2D eigenvalue weighted by Crippen LogP contribution is -2.14. The van der Waals surface area contributed by atoms with Crippen molar-refractivity contribution in [2.75, 3.05) is 6.61 Å². The van der Waals surface area contributed by atoms with Crippen LogP contribution in [0, 0.1) is 11.3 Å². The lowest BCUT2D eigenvalue weighted by atomic mass is 9.97. The van der Waals surface area contributed by atoms with Gasteiger partial charge < -0.3 is 4.74 Å². The zero-order valence-corrected chi connectivity index (χ0v) is 11.2. The monoisotopic (exact) mass is 265 g/mol. The van der Waals surface area contributed by atoms with Crippen molar-refractivity contribution in [3.63, 3.8) is 0 Å². The molecule has 0 aliphatic heterocycles. The summed E-state index contributed by atoms with van der Waals surface area (Å²) in [5.74, 6) is -1.36. The molecular weight excluding hydrogens is 250 g/mol. The van der Waals surface area contributed by atoms with Crippen LogP contribution in [0.5, 0.6) is 0 Å². The molecule has 0 amide bonds. The van der Waals surface area contributed by atoms with Crippen LogP contribution in [0.1, 0.15) is 18.4 Å². The van der Waals surface area contributed by atoms with Crippen molar-refractivity contribution in [3.8, 4) is 17.2 Å². The number of carbonyl (C=O) groups excluding carboxylic acids is 1. The van der Waals surface area contributed by atoms with Gasteiger partial charge in [-0.1, -0.05) is 54.6 Å². The molecule has 20 heavy (non-hydrogen) atoms. The van der Waals surface area contributed by atoms with E-state index in [1.165, 1.54) is 0 Å². The highest BCUT2D eigenvalue weighted by Gasteiger charge is 2.21. The molecule has 3 heteroatoms. The lowest BCUT2D eigenvalue weighted by molar-refractivity contribution is -0.143. The molecule has 2 aromatic carbocycles. The Morgan fingerprint density at radius 2 is 1.70 bits per heavy atom. The summed E-state index contributed by atoms with van der Waals surface area (Å²) in [6, 6.07) is 19.3. The molecule has 3 nitrogen and oxygen atoms in total. The van der Waals surface area contributed by atoms with E-state index in [-0.39, 0.29) is 6.61 Å². The van der Waals surface area contributed by atoms with Crippen molar-refractivity contribution in [1.29, 1.82) is 5.26 Å². The van der Waals surface area contributed by atoms with E-state index < -0.39 is 11.9 Å². The van der Waals surface area contributed by atoms with Gasteiger partial charge in [0.1, 0.15) is 0 Å². The normalized spacial score (nSPS) is 11.4. The van der Waals surface area contributed by atoms with Crippen molar-refractivity contribution < 1.29 is 9.53 Å². The predicted molar refractivity (Wildman–Crippen MR) is 76.9 cm³/mol. The number of hydrogen-bond acceptors (Lipinski definition) is 3. The fraction of sp³-hybridized carbons (Fsp3) is 0.176. The van der Waals surface area contributed by atoms with E-state index in [2.05, 4.69) is 0 Å². The lowest BCUT2D eigenvalue weighted by Gasteiger charge is -2.09. The van der Waals surface area contributed by atoms with Gasteiger partial charge in [0.05, 0.1) is 12.7 Å². The molecule has 0 N–H and O–H groups in total. The fourth-order valence-electron chi connectivity index (χ4n) is 1.99. The minimum absolute atomic E-state index is 0.277. The molecule has 0 aromatic heterocycles. The molecule has 0 saturated carbocycles. The predicted octanol–water partition coefficient (Wildman–Crippen LogP) is 3.52. The highest BCUT2D eigenvalue weighted by molar-refractivity contribution is 5.81. The molecule has 0 aliphatic rings. The number of nitrogens with zero attached hydrogens (tertiary/aromatic N) is 1. The number of esters is 1. The SMILES string of the molecule is CCOC(=O)C(C#N)c1ccc(-c2ccccc2)cc1. The number of rotatable bonds is 4. The summed E-state index contributed by atoms with van der Waals surface area (Å²) in [4.78, 5) is 11.7. The summed E-state index contributed by atoms with van der Waals surface area (Å²) in [5, 5.41) is 9.11. The summed E-state index contributed by atoms with van der Waals surface area (Å²) in [5.41, 5.74) is 2.81. The standard InChI is InChI=1S/C17H15NO2/c1-2-20-17(19)16(12-18)15-10-8-14(9-11-15)13-6-4-3-5-7-13/h3-11,16H,2H2,1H3. The summed E-state index contributed by atoms with van der Waals surface area (Å²) in [6.07, 6.45) is 0. The molecule has 2 aromatic rings. The summed E-state index contributed by atoms with van der Waals surface area (Å²) < 4.78 is 4.90. The van der Waals surface area contributed by atoms with Gasteiger partial charge in [-0.3, -0.25) is 4.79 Å². The third-order valence-corrected chi connectivity index (χ3v) is 3.00. The Bertz CT molecular complexity index is 612. The number of hydrogen-bond donors (Lipinski definition) is 0. The Morgan fingerprint density at radius 1 is 1.10 bits per heavy atom. The smallest absolute Gasteiger partial charge is 0.327 e. The minimum atomic E-state index is -0.861. The first-order chi connectivity index (χ1) is 9.76. The third-order valence-electron chi connectivity index (χ3n) is 3.00. The average molecular weight is 265 g/mol. The number of ether oxygens (including phenoxy) is 1. The van der Waals surface area contributed by atoms with Crippen molar-refractivity contribution in [2.45, 2.75) is 12.8 Å². The third kappa shape index (κ3) is 3.04.